The van der Waals surface area contributed by atoms with Crippen molar-refractivity contribution in [3.05, 3.63) is 29.3 Å². The Bertz CT molecular complexity index is 415. The van der Waals surface area contributed by atoms with Crippen molar-refractivity contribution in [2.75, 3.05) is 0 Å². The van der Waals surface area contributed by atoms with Crippen molar-refractivity contribution in [2.45, 2.75) is 55.2 Å². The lowest BCUT2D eigenvalue weighted by atomic mass is 10.2. The number of hydrogen-bond donors (Lipinski definition) is 1. The van der Waals surface area contributed by atoms with Gasteiger partial charge in [0.25, 0.3) is 0 Å². The maximum atomic E-state index is 12.2. The van der Waals surface area contributed by atoms with Crippen LogP contribution >= 0.6 is 23.4 Å². The van der Waals surface area contributed by atoms with Crippen LogP contribution < -0.4 is 5.32 Å². The third kappa shape index (κ3) is 4.43. The Labute approximate surface area is 124 Å². The number of carbonyl (C=O) groups is 1. The van der Waals surface area contributed by atoms with Crippen LogP contribution in [0.25, 0.3) is 0 Å². The van der Waals surface area contributed by atoms with E-state index < -0.39 is 0 Å². The van der Waals surface area contributed by atoms with E-state index in [1.54, 1.807) is 11.8 Å². The van der Waals surface area contributed by atoms with E-state index in [1.807, 2.05) is 24.3 Å². The maximum Gasteiger partial charge on any atom is 0.233 e. The van der Waals surface area contributed by atoms with Crippen molar-refractivity contribution in [1.29, 1.82) is 0 Å². The van der Waals surface area contributed by atoms with E-state index in [2.05, 4.69) is 12.2 Å². The minimum Gasteiger partial charge on any atom is -0.352 e. The van der Waals surface area contributed by atoms with Gasteiger partial charge in [-0.1, -0.05) is 31.4 Å². The van der Waals surface area contributed by atoms with Crippen LogP contribution in [0.4, 0.5) is 0 Å². The lowest BCUT2D eigenvalue weighted by molar-refractivity contribution is -0.121. The lowest BCUT2D eigenvalue weighted by Gasteiger charge is -2.18. The van der Waals surface area contributed by atoms with E-state index in [0.717, 1.165) is 29.2 Å². The van der Waals surface area contributed by atoms with Crippen molar-refractivity contribution < 1.29 is 4.79 Å². The number of amides is 1. The zero-order valence-corrected chi connectivity index (χ0v) is 12.8. The summed E-state index contributed by atoms with van der Waals surface area (Å²) in [5, 5.41) is 3.89. The number of halogens is 1. The molecular formula is C15H20ClNOS. The van der Waals surface area contributed by atoms with Crippen molar-refractivity contribution in [3.63, 3.8) is 0 Å². The van der Waals surface area contributed by atoms with Crippen LogP contribution in [0.15, 0.2) is 29.2 Å². The van der Waals surface area contributed by atoms with Gasteiger partial charge in [0, 0.05) is 16.0 Å². The SMILES string of the molecule is CC[C@@H](Sc1ccc(Cl)cc1)C(=O)NC1CCCC1. The minimum atomic E-state index is -0.0122. The summed E-state index contributed by atoms with van der Waals surface area (Å²) in [5.41, 5.74) is 0. The molecule has 0 aromatic heterocycles. The Hall–Kier alpha value is -0.670. The second kappa shape index (κ2) is 7.20. The van der Waals surface area contributed by atoms with Crippen molar-refractivity contribution >= 4 is 29.3 Å². The molecule has 104 valence electrons. The highest BCUT2D eigenvalue weighted by molar-refractivity contribution is 8.00. The van der Waals surface area contributed by atoms with Gasteiger partial charge in [-0.25, -0.2) is 0 Å². The Morgan fingerprint density at radius 2 is 2.00 bits per heavy atom. The van der Waals surface area contributed by atoms with Gasteiger partial charge < -0.3 is 5.32 Å². The summed E-state index contributed by atoms with van der Waals surface area (Å²) in [6.07, 6.45) is 5.59. The van der Waals surface area contributed by atoms with E-state index in [4.69, 9.17) is 11.6 Å². The van der Waals surface area contributed by atoms with Gasteiger partial charge in [0.05, 0.1) is 5.25 Å². The Kier molecular flexibility index (Phi) is 5.59. The van der Waals surface area contributed by atoms with Crippen molar-refractivity contribution in [3.8, 4) is 0 Å². The van der Waals surface area contributed by atoms with Gasteiger partial charge in [-0.15, -0.1) is 11.8 Å². The van der Waals surface area contributed by atoms with Crippen LogP contribution in [0.3, 0.4) is 0 Å². The molecule has 1 aromatic rings. The third-order valence-corrected chi connectivity index (χ3v) is 5.08. The third-order valence-electron chi connectivity index (χ3n) is 3.46. The van der Waals surface area contributed by atoms with Gasteiger partial charge >= 0.3 is 0 Å². The number of nitrogens with one attached hydrogen (secondary N) is 1. The molecule has 0 aliphatic heterocycles. The predicted molar refractivity (Wildman–Crippen MR) is 81.8 cm³/mol. The van der Waals surface area contributed by atoms with Gasteiger partial charge in [0.15, 0.2) is 0 Å². The summed E-state index contributed by atoms with van der Waals surface area (Å²) in [6, 6.07) is 8.07. The smallest absolute Gasteiger partial charge is 0.233 e. The first-order valence-electron chi connectivity index (χ1n) is 6.91. The van der Waals surface area contributed by atoms with Gasteiger partial charge in [0.1, 0.15) is 0 Å². The standard InChI is InChI=1S/C15H20ClNOS/c1-2-14(15(18)17-12-5-3-4-6-12)19-13-9-7-11(16)8-10-13/h7-10,12,14H,2-6H2,1H3,(H,17,18)/t14-/m1/s1. The number of thioether (sulfide) groups is 1. The Morgan fingerprint density at radius 3 is 2.58 bits per heavy atom. The highest BCUT2D eigenvalue weighted by Crippen LogP contribution is 2.27. The minimum absolute atomic E-state index is 0.0122. The molecule has 1 atom stereocenters. The topological polar surface area (TPSA) is 29.1 Å². The highest BCUT2D eigenvalue weighted by Gasteiger charge is 2.22. The predicted octanol–water partition coefficient (Wildman–Crippen LogP) is 4.27. The molecule has 0 saturated heterocycles. The fraction of sp³-hybridized carbons (Fsp3) is 0.533. The zero-order valence-electron chi connectivity index (χ0n) is 11.2. The molecular weight excluding hydrogens is 278 g/mol. The Balaban J connectivity index is 1.91. The summed E-state index contributed by atoms with van der Waals surface area (Å²) in [4.78, 5) is 13.3. The second-order valence-electron chi connectivity index (χ2n) is 4.96. The first kappa shape index (κ1) is 14.7. The molecule has 1 aliphatic carbocycles. The van der Waals surface area contributed by atoms with Crippen LogP contribution in [0, 0.1) is 0 Å². The number of carbonyl (C=O) groups excluding carboxylic acids is 1. The summed E-state index contributed by atoms with van der Waals surface area (Å²) < 4.78 is 0. The van der Waals surface area contributed by atoms with Gasteiger partial charge in [0.2, 0.25) is 5.91 Å². The maximum absolute atomic E-state index is 12.2. The molecule has 0 radical (unpaired) electrons. The lowest BCUT2D eigenvalue weighted by Crippen LogP contribution is -2.38. The number of benzene rings is 1. The number of rotatable bonds is 5. The molecule has 0 bridgehead atoms. The van der Waals surface area contributed by atoms with E-state index in [1.165, 1.54) is 12.8 Å². The monoisotopic (exact) mass is 297 g/mol. The molecule has 2 rings (SSSR count). The molecule has 1 saturated carbocycles. The molecule has 1 fully saturated rings. The molecule has 0 heterocycles. The van der Waals surface area contributed by atoms with Crippen LogP contribution in [-0.4, -0.2) is 17.2 Å². The van der Waals surface area contributed by atoms with Gasteiger partial charge in [-0.3, -0.25) is 4.79 Å². The van der Waals surface area contributed by atoms with E-state index in [-0.39, 0.29) is 11.2 Å². The number of hydrogen-bond acceptors (Lipinski definition) is 2. The molecule has 4 heteroatoms. The summed E-state index contributed by atoms with van der Waals surface area (Å²) in [6.45, 7) is 2.06. The molecule has 1 aromatic carbocycles. The molecule has 0 unspecified atom stereocenters. The van der Waals surface area contributed by atoms with E-state index >= 15 is 0 Å². The van der Waals surface area contributed by atoms with Gasteiger partial charge in [-0.2, -0.15) is 0 Å². The molecule has 1 amide bonds. The van der Waals surface area contributed by atoms with E-state index in [9.17, 15) is 4.79 Å². The first-order valence-corrected chi connectivity index (χ1v) is 8.17. The second-order valence-corrected chi connectivity index (χ2v) is 6.67. The highest BCUT2D eigenvalue weighted by atomic mass is 35.5. The summed E-state index contributed by atoms with van der Waals surface area (Å²) >= 11 is 7.49. The molecule has 2 nitrogen and oxygen atoms in total. The zero-order chi connectivity index (χ0) is 13.7. The van der Waals surface area contributed by atoms with E-state index in [0.29, 0.717) is 6.04 Å². The Morgan fingerprint density at radius 1 is 1.37 bits per heavy atom. The average molecular weight is 298 g/mol. The quantitative estimate of drug-likeness (QED) is 0.822. The largest absolute Gasteiger partial charge is 0.352 e. The van der Waals surface area contributed by atoms with Crippen molar-refractivity contribution in [2.24, 2.45) is 0 Å². The fourth-order valence-corrected chi connectivity index (χ4v) is 3.45. The molecule has 0 spiro atoms. The first-order chi connectivity index (χ1) is 9.19. The summed E-state index contributed by atoms with van der Waals surface area (Å²) in [5.74, 6) is 0.175. The van der Waals surface area contributed by atoms with Gasteiger partial charge in [-0.05, 0) is 43.5 Å². The van der Waals surface area contributed by atoms with Crippen LogP contribution in [0.1, 0.15) is 39.0 Å². The normalized spacial score (nSPS) is 17.4. The molecule has 1 aliphatic rings. The average Bonchev–Trinajstić information content (AvgIpc) is 2.90. The van der Waals surface area contributed by atoms with Crippen molar-refractivity contribution in [1.82, 2.24) is 5.32 Å². The summed E-state index contributed by atoms with van der Waals surface area (Å²) in [7, 11) is 0. The molecule has 19 heavy (non-hydrogen) atoms. The van der Waals surface area contributed by atoms with Crippen LogP contribution in [-0.2, 0) is 4.79 Å². The fourth-order valence-electron chi connectivity index (χ4n) is 2.36. The van der Waals surface area contributed by atoms with Crippen LogP contribution in [0.2, 0.25) is 5.02 Å². The van der Waals surface area contributed by atoms with Crippen LogP contribution in [0.5, 0.6) is 0 Å². The molecule has 1 N–H and O–H groups in total.